The van der Waals surface area contributed by atoms with Gasteiger partial charge in [0.05, 0.1) is 12.1 Å². The number of nitrogens with zero attached hydrogens (tertiary/aromatic N) is 1. The molecule has 1 spiro atoms. The summed E-state index contributed by atoms with van der Waals surface area (Å²) < 4.78 is 5.58. The van der Waals surface area contributed by atoms with Gasteiger partial charge in [0.1, 0.15) is 0 Å². The highest BCUT2D eigenvalue weighted by molar-refractivity contribution is 5.85. The second kappa shape index (κ2) is 8.64. The number of nitrogens with one attached hydrogen (secondary N) is 1. The molecule has 1 N–H and O–H groups in total. The molecule has 5 nitrogen and oxygen atoms in total. The first-order valence-electron chi connectivity index (χ1n) is 10.6. The summed E-state index contributed by atoms with van der Waals surface area (Å²) in [7, 11) is 1.78. The van der Waals surface area contributed by atoms with Crippen molar-refractivity contribution in [2.45, 2.75) is 83.9 Å². The minimum absolute atomic E-state index is 0.0173. The molecule has 0 aromatic heterocycles. The average molecular weight is 387 g/mol. The number of methoxy groups -OCH3 is 1. The minimum Gasteiger partial charge on any atom is -0.381 e. The van der Waals surface area contributed by atoms with Crippen LogP contribution < -0.4 is 5.32 Å². The van der Waals surface area contributed by atoms with Crippen LogP contribution in [-0.2, 0) is 22.4 Å². The summed E-state index contributed by atoms with van der Waals surface area (Å²) >= 11 is 0. The van der Waals surface area contributed by atoms with E-state index in [1.54, 1.807) is 7.11 Å². The zero-order chi connectivity index (χ0) is 20.3. The van der Waals surface area contributed by atoms with Gasteiger partial charge in [-0.25, -0.2) is 4.79 Å². The van der Waals surface area contributed by atoms with Gasteiger partial charge in [-0.1, -0.05) is 31.5 Å². The minimum atomic E-state index is -0.294. The Hall–Kier alpha value is -1.88. The zero-order valence-corrected chi connectivity index (χ0v) is 17.7. The summed E-state index contributed by atoms with van der Waals surface area (Å²) in [4.78, 5) is 25.6. The Bertz CT molecular complexity index is 708. The molecule has 0 saturated heterocycles. The maximum atomic E-state index is 12.9. The maximum Gasteiger partial charge on any atom is 0.324 e. The smallest absolute Gasteiger partial charge is 0.324 e. The highest BCUT2D eigenvalue weighted by Crippen LogP contribution is 2.54. The molecule has 5 heteroatoms. The first kappa shape index (κ1) is 20.8. The number of hydrogen-bond acceptors (Lipinski definition) is 3. The van der Waals surface area contributed by atoms with E-state index in [0.717, 1.165) is 44.9 Å². The number of aryl methyl sites for hydroxylation is 1. The molecule has 1 saturated carbocycles. The second-order valence-electron chi connectivity index (χ2n) is 8.75. The van der Waals surface area contributed by atoms with Crippen molar-refractivity contribution in [2.24, 2.45) is 5.41 Å². The molecule has 1 aromatic carbocycles. The van der Waals surface area contributed by atoms with Crippen LogP contribution >= 0.6 is 0 Å². The number of imide groups is 1. The van der Waals surface area contributed by atoms with Gasteiger partial charge < -0.3 is 10.1 Å². The summed E-state index contributed by atoms with van der Waals surface area (Å²) in [5.41, 5.74) is 3.91. The number of benzene rings is 1. The van der Waals surface area contributed by atoms with Crippen molar-refractivity contribution < 1.29 is 14.3 Å². The van der Waals surface area contributed by atoms with E-state index in [-0.39, 0.29) is 23.5 Å². The van der Waals surface area contributed by atoms with E-state index in [9.17, 15) is 9.59 Å². The summed E-state index contributed by atoms with van der Waals surface area (Å²) in [5.74, 6) is 0. The molecule has 1 fully saturated rings. The van der Waals surface area contributed by atoms with E-state index < -0.39 is 0 Å². The molecule has 0 aliphatic heterocycles. The summed E-state index contributed by atoms with van der Waals surface area (Å²) in [6.07, 6.45) is 8.15. The van der Waals surface area contributed by atoms with Crippen LogP contribution in [0.3, 0.4) is 0 Å². The van der Waals surface area contributed by atoms with Crippen LogP contribution in [0.1, 0.15) is 75.6 Å². The normalized spacial score (nSPS) is 26.3. The van der Waals surface area contributed by atoms with Gasteiger partial charge in [-0.15, -0.1) is 0 Å². The summed E-state index contributed by atoms with van der Waals surface area (Å²) in [5, 5.41) is 3.25. The zero-order valence-electron chi connectivity index (χ0n) is 17.7. The van der Waals surface area contributed by atoms with Gasteiger partial charge in [0.25, 0.3) is 0 Å². The number of amides is 3. The van der Waals surface area contributed by atoms with Gasteiger partial charge in [-0.3, -0.25) is 9.69 Å². The molecule has 0 bridgehead atoms. The van der Waals surface area contributed by atoms with Crippen molar-refractivity contribution >= 4 is 12.4 Å². The molecule has 154 valence electrons. The largest absolute Gasteiger partial charge is 0.381 e. The summed E-state index contributed by atoms with van der Waals surface area (Å²) in [6, 6.07) is 6.25. The Morgan fingerprint density at radius 1 is 1.36 bits per heavy atom. The molecule has 0 heterocycles. The van der Waals surface area contributed by atoms with Crippen LogP contribution in [0.2, 0.25) is 0 Å². The maximum absolute atomic E-state index is 12.9. The molecule has 1 aromatic rings. The predicted molar refractivity (Wildman–Crippen MR) is 110 cm³/mol. The predicted octanol–water partition coefficient (Wildman–Crippen LogP) is 4.39. The molecule has 2 aliphatic carbocycles. The average Bonchev–Trinajstić information content (AvgIpc) is 2.96. The molecule has 1 unspecified atom stereocenters. The molecule has 28 heavy (non-hydrogen) atoms. The van der Waals surface area contributed by atoms with Crippen molar-refractivity contribution in [3.05, 3.63) is 34.9 Å². The van der Waals surface area contributed by atoms with Gasteiger partial charge in [-0.05, 0) is 74.5 Å². The second-order valence-corrected chi connectivity index (χ2v) is 8.75. The van der Waals surface area contributed by atoms with Crippen molar-refractivity contribution in [3.63, 3.8) is 0 Å². The number of hydrogen-bond donors (Lipinski definition) is 1. The number of ether oxygens (including phenoxy) is 1. The van der Waals surface area contributed by atoms with Gasteiger partial charge in [0.15, 0.2) is 0 Å². The van der Waals surface area contributed by atoms with Gasteiger partial charge >= 0.3 is 6.03 Å². The van der Waals surface area contributed by atoms with E-state index in [2.05, 4.69) is 30.4 Å². The number of carbonyl (C=O) groups is 2. The van der Waals surface area contributed by atoms with Gasteiger partial charge in [-0.2, -0.15) is 0 Å². The topological polar surface area (TPSA) is 58.6 Å². The van der Waals surface area contributed by atoms with Gasteiger partial charge in [0, 0.05) is 13.2 Å². The van der Waals surface area contributed by atoms with Crippen molar-refractivity contribution in [2.75, 3.05) is 7.11 Å². The Morgan fingerprint density at radius 2 is 2.07 bits per heavy atom. The lowest BCUT2D eigenvalue weighted by Gasteiger charge is -2.42. The van der Waals surface area contributed by atoms with E-state index >= 15 is 0 Å². The molecule has 3 amide bonds. The van der Waals surface area contributed by atoms with Gasteiger partial charge in [0.2, 0.25) is 6.41 Å². The number of urea groups is 1. The lowest BCUT2D eigenvalue weighted by atomic mass is 9.68. The molecule has 0 radical (unpaired) electrons. The van der Waals surface area contributed by atoms with Crippen molar-refractivity contribution in [3.8, 4) is 0 Å². The molecule has 1 atom stereocenters. The fourth-order valence-electron chi connectivity index (χ4n) is 5.03. The third kappa shape index (κ3) is 3.95. The lowest BCUT2D eigenvalue weighted by molar-refractivity contribution is -0.116. The number of carbonyl (C=O) groups excluding carboxylic acids is 2. The fraction of sp³-hybridized carbons (Fsp3) is 0.652. The third-order valence-corrected chi connectivity index (χ3v) is 6.65. The lowest BCUT2D eigenvalue weighted by Crippen LogP contribution is -2.48. The van der Waals surface area contributed by atoms with E-state index in [1.807, 2.05) is 13.8 Å². The SMILES string of the molecule is CCCc1ccc2c(c1)C(NC(=O)N(C=O)C(C)C)C1(CCC(OC)CC1)C2. The summed E-state index contributed by atoms with van der Waals surface area (Å²) in [6.45, 7) is 5.90. The van der Waals surface area contributed by atoms with Crippen molar-refractivity contribution in [1.29, 1.82) is 0 Å². The highest BCUT2D eigenvalue weighted by Gasteiger charge is 2.49. The fourth-order valence-corrected chi connectivity index (χ4v) is 5.03. The number of fused-ring (bicyclic) bond motifs is 1. The Balaban J connectivity index is 1.92. The Morgan fingerprint density at radius 3 is 2.64 bits per heavy atom. The van der Waals surface area contributed by atoms with Crippen LogP contribution in [0.4, 0.5) is 4.79 Å². The van der Waals surface area contributed by atoms with Crippen LogP contribution in [0.15, 0.2) is 18.2 Å². The van der Waals surface area contributed by atoms with Crippen LogP contribution in [0.25, 0.3) is 0 Å². The molecular weight excluding hydrogens is 352 g/mol. The third-order valence-electron chi connectivity index (χ3n) is 6.65. The highest BCUT2D eigenvalue weighted by atomic mass is 16.5. The number of rotatable bonds is 6. The molecular formula is C23H34N2O3. The monoisotopic (exact) mass is 386 g/mol. The van der Waals surface area contributed by atoms with Crippen molar-refractivity contribution in [1.82, 2.24) is 10.2 Å². The first-order chi connectivity index (χ1) is 13.4. The van der Waals surface area contributed by atoms with E-state index in [4.69, 9.17) is 4.74 Å². The Labute approximate surface area is 168 Å². The van der Waals surface area contributed by atoms with E-state index in [0.29, 0.717) is 12.5 Å². The quantitative estimate of drug-likeness (QED) is 0.738. The Kier molecular flexibility index (Phi) is 6.43. The standard InChI is InChI=1S/C23H34N2O3/c1-5-6-17-7-8-18-14-23(11-9-19(28-4)10-12-23)21(20(18)13-17)24-22(27)25(15-26)16(2)3/h7-8,13,15-16,19,21H,5-6,9-12,14H2,1-4H3,(H,24,27). The van der Waals surface area contributed by atoms with Crippen LogP contribution in [-0.4, -0.2) is 36.6 Å². The van der Waals surface area contributed by atoms with Crippen LogP contribution in [0, 0.1) is 5.41 Å². The van der Waals surface area contributed by atoms with Crippen LogP contribution in [0.5, 0.6) is 0 Å². The molecule has 3 rings (SSSR count). The first-order valence-corrected chi connectivity index (χ1v) is 10.6. The van der Waals surface area contributed by atoms with E-state index in [1.165, 1.54) is 21.6 Å². The molecule has 2 aliphatic rings.